The molecule has 13 nitrogen and oxygen atoms in total. The van der Waals surface area contributed by atoms with Gasteiger partial charge in [0.05, 0.1) is 13.2 Å². The second kappa shape index (κ2) is 10.5. The first-order chi connectivity index (χ1) is 17.5. The van der Waals surface area contributed by atoms with Gasteiger partial charge in [0.15, 0.2) is 11.2 Å². The number of aliphatic hydroxyl groups excluding tert-OH is 1. The molecule has 2 aromatic heterocycles. The largest absolute Gasteiger partial charge is 0.480 e. The number of H-pyrrole nitrogens is 1. The van der Waals surface area contributed by atoms with Gasteiger partial charge in [0.1, 0.15) is 18.1 Å². The number of benzene rings is 1. The number of rotatable bonds is 12. The summed E-state index contributed by atoms with van der Waals surface area (Å²) in [5.74, 6) is -1.02. The number of nitrogens with two attached hydrogens (primary N) is 1. The Morgan fingerprint density at radius 1 is 1.38 bits per heavy atom. The second-order valence-electron chi connectivity index (χ2n) is 9.37. The number of imidazole rings is 1. The van der Waals surface area contributed by atoms with Crippen LogP contribution in [-0.4, -0.2) is 55.0 Å². The lowest BCUT2D eigenvalue weighted by molar-refractivity contribution is -0.139. The molecular weight excluding hydrogens is 503 g/mol. The summed E-state index contributed by atoms with van der Waals surface area (Å²) >= 11 is 0. The van der Waals surface area contributed by atoms with Crippen LogP contribution >= 0.6 is 7.75 Å². The third-order valence-corrected chi connectivity index (χ3v) is 7.48. The van der Waals surface area contributed by atoms with Crippen LogP contribution in [0.4, 0.5) is 5.95 Å². The number of aliphatic carboxylic acids is 1. The first kappa shape index (κ1) is 26.6. The van der Waals surface area contributed by atoms with Crippen molar-refractivity contribution in [2.45, 2.75) is 32.7 Å². The molecule has 0 aliphatic heterocycles. The lowest BCUT2D eigenvalue weighted by Gasteiger charge is -2.25. The minimum Gasteiger partial charge on any atom is -0.480 e. The first-order valence-electron chi connectivity index (χ1n) is 11.6. The van der Waals surface area contributed by atoms with Crippen LogP contribution in [0.5, 0.6) is 5.75 Å². The van der Waals surface area contributed by atoms with Crippen LogP contribution < -0.4 is 20.9 Å². The monoisotopic (exact) mass is 532 g/mol. The Kier molecular flexibility index (Phi) is 7.51. The number of fused-ring (bicyclic) bond motifs is 1. The maximum Gasteiger partial charge on any atom is 0.459 e. The molecule has 1 fully saturated rings. The van der Waals surface area contributed by atoms with E-state index in [1.807, 2.05) is 13.8 Å². The molecule has 37 heavy (non-hydrogen) atoms. The molecule has 0 saturated heterocycles. The number of nitrogen functional groups attached to an aromatic ring is 1. The zero-order valence-corrected chi connectivity index (χ0v) is 21.2. The van der Waals surface area contributed by atoms with E-state index in [1.54, 1.807) is 36.5 Å². The number of hydrogen-bond acceptors (Lipinski definition) is 9. The third kappa shape index (κ3) is 6.08. The second-order valence-corrected chi connectivity index (χ2v) is 11.1. The summed E-state index contributed by atoms with van der Waals surface area (Å²) in [6, 6.07) is 7.08. The van der Waals surface area contributed by atoms with E-state index in [4.69, 9.17) is 14.8 Å². The Morgan fingerprint density at radius 3 is 2.76 bits per heavy atom. The van der Waals surface area contributed by atoms with Crippen molar-refractivity contribution in [3.63, 3.8) is 0 Å². The number of anilines is 1. The van der Waals surface area contributed by atoms with Crippen LogP contribution in [0.3, 0.4) is 0 Å². The predicted molar refractivity (Wildman–Crippen MR) is 136 cm³/mol. The zero-order valence-electron chi connectivity index (χ0n) is 20.3. The quantitative estimate of drug-likeness (QED) is 0.215. The van der Waals surface area contributed by atoms with Crippen molar-refractivity contribution >= 4 is 37.0 Å². The highest BCUT2D eigenvalue weighted by Crippen LogP contribution is 2.56. The number of para-hydroxylation sites is 1. The number of aromatic nitrogens is 4. The number of nitrogens with zero attached hydrogens (tertiary/aromatic N) is 3. The van der Waals surface area contributed by atoms with Crippen molar-refractivity contribution in [3.8, 4) is 5.75 Å². The molecule has 0 bridgehead atoms. The van der Waals surface area contributed by atoms with Crippen molar-refractivity contribution in [1.29, 1.82) is 0 Å². The number of carboxylic acid groups (broad SMARTS) is 1. The van der Waals surface area contributed by atoms with Gasteiger partial charge in [0.2, 0.25) is 5.95 Å². The van der Waals surface area contributed by atoms with Gasteiger partial charge in [-0.3, -0.25) is 23.7 Å². The lowest BCUT2D eigenvalue weighted by Crippen LogP contribution is -2.37. The summed E-state index contributed by atoms with van der Waals surface area (Å²) in [6.07, 6.45) is 3.63. The van der Waals surface area contributed by atoms with E-state index < -0.39 is 30.7 Å². The topological polar surface area (TPSA) is 195 Å². The lowest BCUT2D eigenvalue weighted by atomic mass is 10.1. The summed E-state index contributed by atoms with van der Waals surface area (Å²) in [4.78, 5) is 34.4. The molecule has 198 valence electrons. The van der Waals surface area contributed by atoms with Crippen LogP contribution in [0.1, 0.15) is 26.7 Å². The Labute approximate surface area is 211 Å². The van der Waals surface area contributed by atoms with E-state index >= 15 is 0 Å². The van der Waals surface area contributed by atoms with Crippen molar-refractivity contribution in [2.24, 2.45) is 11.3 Å². The molecule has 2 heterocycles. The first-order valence-corrected chi connectivity index (χ1v) is 13.1. The van der Waals surface area contributed by atoms with Gasteiger partial charge in [0.25, 0.3) is 5.56 Å². The third-order valence-electron chi connectivity index (χ3n) is 5.93. The van der Waals surface area contributed by atoms with Crippen LogP contribution in [-0.2, 0) is 13.9 Å². The molecule has 0 radical (unpaired) electrons. The van der Waals surface area contributed by atoms with Crippen LogP contribution in [0.25, 0.3) is 17.4 Å². The molecule has 0 spiro atoms. The predicted octanol–water partition coefficient (Wildman–Crippen LogP) is 2.22. The van der Waals surface area contributed by atoms with Crippen molar-refractivity contribution in [3.05, 3.63) is 52.6 Å². The fraction of sp³-hybridized carbons (Fsp3) is 0.391. The van der Waals surface area contributed by atoms with Gasteiger partial charge in [-0.25, -0.2) is 9.55 Å². The number of carbonyl (C=O) groups is 1. The standard InChI is InChI=1S/C23H29N6O7P/c1-14(2)8-17(21(32)33)28-37(34,36-16-6-4-3-5-7-16)35-12-23(11-30)9-15(23)10-29-13-25-18-19(29)26-22(24)27-20(18)31/h3-7,10,13-14,17,30H,8-9,11-12H2,1-2H3,(H,28,34)(H,32,33)(H3,24,26,27,31)/b15-10-/t17?,23-,37-/m0/s1. The van der Waals surface area contributed by atoms with Gasteiger partial charge in [-0.1, -0.05) is 32.0 Å². The van der Waals surface area contributed by atoms with E-state index in [9.17, 15) is 24.4 Å². The molecule has 14 heteroatoms. The van der Waals surface area contributed by atoms with Crippen molar-refractivity contribution in [2.75, 3.05) is 18.9 Å². The molecule has 1 aliphatic rings. The molecule has 3 aromatic rings. The maximum absolute atomic E-state index is 13.7. The van der Waals surface area contributed by atoms with E-state index in [2.05, 4.69) is 20.0 Å². The average molecular weight is 532 g/mol. The SMILES string of the molecule is CC(C)CC(N[P@](=O)(OC[C@@]1(CO)C/C1=C/n1cnc2c(=O)[nH]c(N)nc21)Oc1ccccc1)C(=O)O. The number of carboxylic acids is 1. The zero-order chi connectivity index (χ0) is 26.8. The normalized spacial score (nSPS) is 20.7. The molecule has 1 aromatic carbocycles. The summed E-state index contributed by atoms with van der Waals surface area (Å²) in [5, 5.41) is 22.4. The summed E-state index contributed by atoms with van der Waals surface area (Å²) < 4.78 is 26.6. The fourth-order valence-electron chi connectivity index (χ4n) is 3.84. The van der Waals surface area contributed by atoms with E-state index in [-0.39, 0.29) is 48.4 Å². The van der Waals surface area contributed by atoms with Crippen LogP contribution in [0, 0.1) is 11.3 Å². The Bertz CT molecular complexity index is 1420. The summed E-state index contributed by atoms with van der Waals surface area (Å²) in [6.45, 7) is 3.14. The summed E-state index contributed by atoms with van der Waals surface area (Å²) in [5.41, 5.74) is 5.34. The highest BCUT2D eigenvalue weighted by atomic mass is 31.2. The highest BCUT2D eigenvalue weighted by Gasteiger charge is 2.51. The van der Waals surface area contributed by atoms with E-state index in [0.29, 0.717) is 6.42 Å². The van der Waals surface area contributed by atoms with Gasteiger partial charge < -0.3 is 20.5 Å². The van der Waals surface area contributed by atoms with Gasteiger partial charge >= 0.3 is 13.7 Å². The average Bonchev–Trinajstić information content (AvgIpc) is 3.38. The van der Waals surface area contributed by atoms with Gasteiger partial charge in [-0.2, -0.15) is 10.1 Å². The van der Waals surface area contributed by atoms with E-state index in [0.717, 1.165) is 5.57 Å². The Morgan fingerprint density at radius 2 is 2.11 bits per heavy atom. The molecule has 0 amide bonds. The van der Waals surface area contributed by atoms with Crippen molar-refractivity contribution in [1.82, 2.24) is 24.6 Å². The van der Waals surface area contributed by atoms with Gasteiger partial charge in [0, 0.05) is 11.6 Å². The van der Waals surface area contributed by atoms with Gasteiger partial charge in [-0.05, 0) is 36.5 Å². The van der Waals surface area contributed by atoms with E-state index in [1.165, 1.54) is 10.9 Å². The fourth-order valence-corrected chi connectivity index (χ4v) is 5.44. The summed E-state index contributed by atoms with van der Waals surface area (Å²) in [7, 11) is -4.19. The van der Waals surface area contributed by atoms with Crippen molar-refractivity contribution < 1.29 is 28.6 Å². The number of aliphatic hydroxyl groups is 1. The highest BCUT2D eigenvalue weighted by molar-refractivity contribution is 7.52. The Balaban J connectivity index is 1.57. The Hall–Kier alpha value is -3.51. The molecule has 1 aliphatic carbocycles. The van der Waals surface area contributed by atoms with Crippen LogP contribution in [0.15, 0.2) is 47.0 Å². The molecular formula is C23H29N6O7P. The number of aromatic amines is 1. The molecule has 1 saturated carbocycles. The maximum atomic E-state index is 13.7. The van der Waals surface area contributed by atoms with Gasteiger partial charge in [-0.15, -0.1) is 0 Å². The molecule has 4 rings (SSSR count). The number of hydrogen-bond donors (Lipinski definition) is 5. The number of nitrogens with one attached hydrogen (secondary N) is 2. The van der Waals surface area contributed by atoms with Crippen LogP contribution in [0.2, 0.25) is 0 Å². The molecule has 1 unspecified atom stereocenters. The molecule has 3 atom stereocenters. The smallest absolute Gasteiger partial charge is 0.459 e. The minimum atomic E-state index is -4.19. The minimum absolute atomic E-state index is 0.000383. The molecule has 6 N–H and O–H groups in total.